The van der Waals surface area contributed by atoms with Gasteiger partial charge < -0.3 is 10.6 Å². The number of rotatable bonds is 7. The van der Waals surface area contributed by atoms with E-state index in [1.54, 1.807) is 12.1 Å². The third-order valence-electron chi connectivity index (χ3n) is 3.58. The highest BCUT2D eigenvalue weighted by molar-refractivity contribution is 7.89. The molecule has 0 aliphatic rings. The highest BCUT2D eigenvalue weighted by atomic mass is 32.2. The summed E-state index contributed by atoms with van der Waals surface area (Å²) in [4.78, 5) is 11.9. The predicted octanol–water partition coefficient (Wildman–Crippen LogP) is 3.02. The molecule has 0 aromatic heterocycles. The first-order valence-corrected chi connectivity index (χ1v) is 10.4. The van der Waals surface area contributed by atoms with Gasteiger partial charge in [0.15, 0.2) is 5.11 Å². The number of benzene rings is 2. The average molecular weight is 406 g/mol. The maximum absolute atomic E-state index is 12.4. The molecule has 2 rings (SSSR count). The van der Waals surface area contributed by atoms with E-state index < -0.39 is 10.0 Å². The van der Waals surface area contributed by atoms with E-state index in [-0.39, 0.29) is 28.4 Å². The van der Waals surface area contributed by atoms with Gasteiger partial charge in [0.1, 0.15) is 0 Å². The minimum absolute atomic E-state index is 0.152. The second-order valence-corrected chi connectivity index (χ2v) is 8.61. The Morgan fingerprint density at radius 2 is 1.67 bits per heavy atom. The van der Waals surface area contributed by atoms with Gasteiger partial charge in [-0.15, -0.1) is 0 Å². The van der Waals surface area contributed by atoms with Gasteiger partial charge in [0.05, 0.1) is 4.90 Å². The molecule has 0 heterocycles. The molecule has 0 radical (unpaired) electrons. The molecule has 3 N–H and O–H groups in total. The maximum Gasteiger partial charge on any atom is 0.240 e. The number of hydrogen-bond acceptors (Lipinski definition) is 4. The van der Waals surface area contributed by atoms with Gasteiger partial charge in [-0.05, 0) is 48.0 Å². The quantitative estimate of drug-likeness (QED) is 0.617. The molecular formula is C19H23N3O3S2. The molecule has 0 bridgehead atoms. The molecule has 0 fully saturated rings. The molecule has 8 heteroatoms. The first kappa shape index (κ1) is 21.0. The fourth-order valence-electron chi connectivity index (χ4n) is 2.29. The van der Waals surface area contributed by atoms with Gasteiger partial charge >= 0.3 is 0 Å². The van der Waals surface area contributed by atoms with Gasteiger partial charge in [0.2, 0.25) is 15.9 Å². The van der Waals surface area contributed by atoms with Crippen molar-refractivity contribution in [1.82, 2.24) is 10.0 Å². The van der Waals surface area contributed by atoms with Crippen LogP contribution < -0.4 is 15.4 Å². The summed E-state index contributed by atoms with van der Waals surface area (Å²) in [7, 11) is -3.62. The summed E-state index contributed by atoms with van der Waals surface area (Å²) in [5.41, 5.74) is 1.47. The van der Waals surface area contributed by atoms with Crippen molar-refractivity contribution in [2.24, 2.45) is 5.92 Å². The number of carbonyl (C=O) groups excluding carboxylic acids is 1. The number of sulfonamides is 1. The van der Waals surface area contributed by atoms with Crippen molar-refractivity contribution in [2.45, 2.75) is 31.7 Å². The fourth-order valence-corrected chi connectivity index (χ4v) is 3.54. The van der Waals surface area contributed by atoms with Gasteiger partial charge in [-0.1, -0.05) is 44.2 Å². The number of carbonyl (C=O) groups is 1. The normalized spacial score (nSPS) is 11.2. The zero-order valence-corrected chi connectivity index (χ0v) is 16.9. The van der Waals surface area contributed by atoms with Crippen LogP contribution in [0.2, 0.25) is 0 Å². The highest BCUT2D eigenvalue weighted by Crippen LogP contribution is 2.14. The molecule has 0 saturated carbocycles. The van der Waals surface area contributed by atoms with Crippen LogP contribution in [0.4, 0.5) is 5.69 Å². The molecule has 27 heavy (non-hydrogen) atoms. The van der Waals surface area contributed by atoms with Gasteiger partial charge in [0, 0.05) is 18.7 Å². The number of amides is 1. The molecule has 0 saturated heterocycles. The van der Waals surface area contributed by atoms with Crippen molar-refractivity contribution in [2.75, 3.05) is 5.32 Å². The van der Waals surface area contributed by atoms with Crippen LogP contribution in [0.25, 0.3) is 0 Å². The van der Waals surface area contributed by atoms with Crippen LogP contribution in [0.1, 0.15) is 25.8 Å². The highest BCUT2D eigenvalue weighted by Gasteiger charge is 2.14. The average Bonchev–Trinajstić information content (AvgIpc) is 2.60. The van der Waals surface area contributed by atoms with Crippen molar-refractivity contribution in [3.05, 3.63) is 60.2 Å². The summed E-state index contributed by atoms with van der Waals surface area (Å²) in [6.45, 7) is 4.11. The van der Waals surface area contributed by atoms with Crippen molar-refractivity contribution < 1.29 is 13.2 Å². The van der Waals surface area contributed by atoms with Crippen molar-refractivity contribution >= 4 is 38.9 Å². The monoisotopic (exact) mass is 405 g/mol. The third-order valence-corrected chi connectivity index (χ3v) is 5.20. The van der Waals surface area contributed by atoms with Gasteiger partial charge in [-0.2, -0.15) is 0 Å². The Labute approximate surface area is 165 Å². The lowest BCUT2D eigenvalue weighted by atomic mass is 10.1. The zero-order valence-electron chi connectivity index (χ0n) is 15.2. The lowest BCUT2D eigenvalue weighted by molar-refractivity contribution is -0.120. The molecule has 0 aliphatic heterocycles. The van der Waals surface area contributed by atoms with E-state index >= 15 is 0 Å². The first-order valence-electron chi connectivity index (χ1n) is 8.51. The summed E-state index contributed by atoms with van der Waals surface area (Å²) in [5.74, 6) is 0.0764. The van der Waals surface area contributed by atoms with Gasteiger partial charge in [0.25, 0.3) is 0 Å². The fraction of sp³-hybridized carbons (Fsp3) is 0.263. The van der Waals surface area contributed by atoms with Crippen molar-refractivity contribution in [3.63, 3.8) is 0 Å². The van der Waals surface area contributed by atoms with Crippen molar-refractivity contribution in [3.8, 4) is 0 Å². The van der Waals surface area contributed by atoms with Crippen LogP contribution >= 0.6 is 12.2 Å². The Kier molecular flexibility index (Phi) is 7.46. The van der Waals surface area contributed by atoms with Crippen LogP contribution in [0, 0.1) is 5.92 Å². The van der Waals surface area contributed by atoms with Gasteiger partial charge in [-0.3, -0.25) is 4.79 Å². The summed E-state index contributed by atoms with van der Waals surface area (Å²) < 4.78 is 27.3. The minimum atomic E-state index is -3.62. The topological polar surface area (TPSA) is 87.3 Å². The molecule has 2 aromatic carbocycles. The van der Waals surface area contributed by atoms with Gasteiger partial charge in [-0.25, -0.2) is 13.1 Å². The number of anilines is 1. The van der Waals surface area contributed by atoms with Crippen molar-refractivity contribution in [1.29, 1.82) is 0 Å². The Hall–Kier alpha value is -2.29. The smallest absolute Gasteiger partial charge is 0.240 e. The molecule has 0 atom stereocenters. The van der Waals surface area contributed by atoms with Crippen LogP contribution in [0.15, 0.2) is 59.5 Å². The first-order chi connectivity index (χ1) is 12.8. The molecule has 0 aliphatic carbocycles. The zero-order chi connectivity index (χ0) is 19.9. The van der Waals surface area contributed by atoms with E-state index in [0.29, 0.717) is 12.1 Å². The standard InChI is InChI=1S/C19H23N3O3S2/c1-14(2)12-18(23)22-19(26)21-16-8-10-17(11-9-16)27(24,25)20-13-15-6-4-3-5-7-15/h3-11,14,20H,12-13H2,1-2H3,(H2,21,22,23,26). The molecule has 2 aromatic rings. The molecule has 6 nitrogen and oxygen atoms in total. The molecule has 1 amide bonds. The molecular weight excluding hydrogens is 382 g/mol. The Morgan fingerprint density at radius 3 is 2.26 bits per heavy atom. The van der Waals surface area contributed by atoms with E-state index in [0.717, 1.165) is 5.56 Å². The van der Waals surface area contributed by atoms with E-state index in [9.17, 15) is 13.2 Å². The van der Waals surface area contributed by atoms with Crippen LogP contribution in [-0.4, -0.2) is 19.4 Å². The number of thiocarbonyl (C=S) groups is 1. The largest absolute Gasteiger partial charge is 0.332 e. The predicted molar refractivity (Wildman–Crippen MR) is 111 cm³/mol. The molecule has 0 spiro atoms. The summed E-state index contributed by atoms with van der Waals surface area (Å²) >= 11 is 5.09. The van der Waals surface area contributed by atoms with E-state index in [1.807, 2.05) is 44.2 Å². The third kappa shape index (κ3) is 7.09. The number of hydrogen-bond donors (Lipinski definition) is 3. The Bertz CT molecular complexity index is 880. The maximum atomic E-state index is 12.4. The summed E-state index contributed by atoms with van der Waals surface area (Å²) in [6, 6.07) is 15.4. The second-order valence-electron chi connectivity index (χ2n) is 6.43. The Morgan fingerprint density at radius 1 is 1.04 bits per heavy atom. The van der Waals surface area contributed by atoms with Crippen LogP contribution in [-0.2, 0) is 21.4 Å². The molecule has 0 unspecified atom stereocenters. The lowest BCUT2D eigenvalue weighted by Crippen LogP contribution is -2.34. The number of nitrogens with one attached hydrogen (secondary N) is 3. The SMILES string of the molecule is CC(C)CC(=O)NC(=S)Nc1ccc(S(=O)(=O)NCc2ccccc2)cc1. The molecule has 144 valence electrons. The summed E-state index contributed by atoms with van der Waals surface area (Å²) in [5, 5.41) is 5.64. The van der Waals surface area contributed by atoms with E-state index in [4.69, 9.17) is 12.2 Å². The van der Waals surface area contributed by atoms with Crippen LogP contribution in [0.3, 0.4) is 0 Å². The summed E-state index contributed by atoms with van der Waals surface area (Å²) in [6.07, 6.45) is 0.381. The lowest BCUT2D eigenvalue weighted by Gasteiger charge is -2.11. The minimum Gasteiger partial charge on any atom is -0.332 e. The second kappa shape index (κ2) is 9.59. The van der Waals surface area contributed by atoms with Crippen LogP contribution in [0.5, 0.6) is 0 Å². The Balaban J connectivity index is 1.93. The van der Waals surface area contributed by atoms with E-state index in [1.165, 1.54) is 12.1 Å². The van der Waals surface area contributed by atoms with E-state index in [2.05, 4.69) is 15.4 Å².